The van der Waals surface area contributed by atoms with Gasteiger partial charge in [-0.05, 0) is 42.7 Å². The molecular formula is C22H31N3O3. The zero-order chi connectivity index (χ0) is 19.9. The van der Waals surface area contributed by atoms with Gasteiger partial charge in [-0.15, -0.1) is 0 Å². The third-order valence-electron chi connectivity index (χ3n) is 4.03. The van der Waals surface area contributed by atoms with Crippen molar-refractivity contribution in [1.29, 1.82) is 0 Å². The first-order valence-electron chi connectivity index (χ1n) is 9.65. The first-order valence-corrected chi connectivity index (χ1v) is 9.65. The molecule has 0 aromatic heterocycles. The fourth-order valence-corrected chi connectivity index (χ4v) is 2.49. The van der Waals surface area contributed by atoms with Gasteiger partial charge in [0.25, 0.3) is 0 Å². The van der Waals surface area contributed by atoms with Crippen molar-refractivity contribution in [1.82, 2.24) is 10.6 Å². The quantitative estimate of drug-likeness (QED) is 0.334. The number of guanidine groups is 1. The smallest absolute Gasteiger partial charge is 0.191 e. The van der Waals surface area contributed by atoms with E-state index in [0.717, 1.165) is 49.0 Å². The number of hydrogen-bond acceptors (Lipinski definition) is 4. The Morgan fingerprint density at radius 3 is 2.18 bits per heavy atom. The van der Waals surface area contributed by atoms with E-state index in [0.29, 0.717) is 19.8 Å². The van der Waals surface area contributed by atoms with Crippen molar-refractivity contribution in [3.05, 3.63) is 60.2 Å². The summed E-state index contributed by atoms with van der Waals surface area (Å²) in [6, 6.07) is 17.9. The van der Waals surface area contributed by atoms with Crippen LogP contribution in [0.4, 0.5) is 0 Å². The number of nitrogens with zero attached hydrogens (tertiary/aromatic N) is 1. The molecule has 2 aromatic rings. The topological polar surface area (TPSA) is 64.1 Å². The monoisotopic (exact) mass is 385 g/mol. The minimum Gasteiger partial charge on any atom is -0.494 e. The van der Waals surface area contributed by atoms with Crippen molar-refractivity contribution in [2.24, 2.45) is 4.99 Å². The molecule has 0 amide bonds. The summed E-state index contributed by atoms with van der Waals surface area (Å²) in [7, 11) is 3.45. The highest BCUT2D eigenvalue weighted by atomic mass is 16.5. The second-order valence-electron chi connectivity index (χ2n) is 6.22. The number of aliphatic imine (C=N–C) groups is 1. The van der Waals surface area contributed by atoms with E-state index in [1.807, 2.05) is 42.5 Å². The Labute approximate surface area is 167 Å². The zero-order valence-corrected chi connectivity index (χ0v) is 16.8. The largest absolute Gasteiger partial charge is 0.494 e. The summed E-state index contributed by atoms with van der Waals surface area (Å²) in [5.41, 5.74) is 1.15. The standard InChI is InChI=1S/C22H31N3O3/c1-23-22(25-15-17-26-2)24-14-6-7-16-27-20-10-12-21(13-11-20)28-18-19-8-4-3-5-9-19/h3-5,8-13H,6-7,14-18H2,1-2H3,(H2,23,24,25). The first-order chi connectivity index (χ1) is 13.8. The molecule has 0 fully saturated rings. The van der Waals surface area contributed by atoms with E-state index < -0.39 is 0 Å². The molecule has 2 N–H and O–H groups in total. The van der Waals surface area contributed by atoms with Crippen LogP contribution in [0, 0.1) is 0 Å². The Bertz CT molecular complexity index is 675. The van der Waals surface area contributed by atoms with Crippen molar-refractivity contribution < 1.29 is 14.2 Å². The lowest BCUT2D eigenvalue weighted by Crippen LogP contribution is -2.39. The van der Waals surface area contributed by atoms with Crippen molar-refractivity contribution in [2.45, 2.75) is 19.4 Å². The van der Waals surface area contributed by atoms with E-state index in [-0.39, 0.29) is 0 Å². The molecule has 0 heterocycles. The van der Waals surface area contributed by atoms with Crippen LogP contribution in [-0.4, -0.2) is 46.4 Å². The Morgan fingerprint density at radius 2 is 1.50 bits per heavy atom. The number of ether oxygens (including phenoxy) is 3. The van der Waals surface area contributed by atoms with Gasteiger partial charge in [-0.3, -0.25) is 4.99 Å². The predicted octanol–water partition coefficient (Wildman–Crippen LogP) is 3.24. The van der Waals surface area contributed by atoms with Crippen molar-refractivity contribution in [3.8, 4) is 11.5 Å². The van der Waals surface area contributed by atoms with Crippen LogP contribution in [0.2, 0.25) is 0 Å². The van der Waals surface area contributed by atoms with Crippen LogP contribution < -0.4 is 20.1 Å². The molecular weight excluding hydrogens is 354 g/mol. The van der Waals surface area contributed by atoms with Crippen molar-refractivity contribution in [2.75, 3.05) is 40.5 Å². The van der Waals surface area contributed by atoms with Crippen LogP contribution in [0.3, 0.4) is 0 Å². The predicted molar refractivity (Wildman–Crippen MR) is 113 cm³/mol. The molecule has 6 nitrogen and oxygen atoms in total. The molecule has 0 radical (unpaired) electrons. The Morgan fingerprint density at radius 1 is 0.821 bits per heavy atom. The fraction of sp³-hybridized carbons (Fsp3) is 0.409. The maximum Gasteiger partial charge on any atom is 0.191 e. The first kappa shape index (κ1) is 21.6. The van der Waals surface area contributed by atoms with Gasteiger partial charge < -0.3 is 24.8 Å². The normalized spacial score (nSPS) is 11.1. The maximum atomic E-state index is 5.79. The number of unbranched alkanes of at least 4 members (excludes halogenated alkanes) is 1. The molecule has 152 valence electrons. The second-order valence-corrected chi connectivity index (χ2v) is 6.22. The van der Waals surface area contributed by atoms with Crippen LogP contribution in [0.15, 0.2) is 59.6 Å². The minimum atomic E-state index is 0.567. The van der Waals surface area contributed by atoms with E-state index in [1.54, 1.807) is 14.2 Å². The molecule has 0 unspecified atom stereocenters. The summed E-state index contributed by atoms with van der Waals surface area (Å²) in [5, 5.41) is 6.46. The van der Waals surface area contributed by atoms with E-state index in [1.165, 1.54) is 0 Å². The third kappa shape index (κ3) is 8.77. The van der Waals surface area contributed by atoms with Crippen LogP contribution in [0.25, 0.3) is 0 Å². The molecule has 2 aromatic carbocycles. The summed E-state index contributed by atoms with van der Waals surface area (Å²) in [5.74, 6) is 2.49. The third-order valence-corrected chi connectivity index (χ3v) is 4.03. The number of rotatable bonds is 12. The molecule has 28 heavy (non-hydrogen) atoms. The highest BCUT2D eigenvalue weighted by Gasteiger charge is 1.99. The molecule has 0 aliphatic carbocycles. The van der Waals surface area contributed by atoms with E-state index in [9.17, 15) is 0 Å². The molecule has 6 heteroatoms. The van der Waals surface area contributed by atoms with E-state index >= 15 is 0 Å². The van der Waals surface area contributed by atoms with Gasteiger partial charge in [0.2, 0.25) is 0 Å². The van der Waals surface area contributed by atoms with Gasteiger partial charge in [0.05, 0.1) is 13.2 Å². The molecule has 0 aliphatic heterocycles. The van der Waals surface area contributed by atoms with Gasteiger partial charge in [0.15, 0.2) is 5.96 Å². The van der Waals surface area contributed by atoms with Gasteiger partial charge in [-0.25, -0.2) is 0 Å². The van der Waals surface area contributed by atoms with Crippen molar-refractivity contribution >= 4 is 5.96 Å². The number of nitrogens with one attached hydrogen (secondary N) is 2. The maximum absolute atomic E-state index is 5.79. The molecule has 0 saturated carbocycles. The van der Waals surface area contributed by atoms with Gasteiger partial charge in [0.1, 0.15) is 18.1 Å². The van der Waals surface area contributed by atoms with Crippen LogP contribution >= 0.6 is 0 Å². The summed E-state index contributed by atoms with van der Waals surface area (Å²) in [4.78, 5) is 4.16. The van der Waals surface area contributed by atoms with Crippen LogP contribution in [0.1, 0.15) is 18.4 Å². The highest BCUT2D eigenvalue weighted by Crippen LogP contribution is 2.19. The van der Waals surface area contributed by atoms with Crippen molar-refractivity contribution in [3.63, 3.8) is 0 Å². The second kappa shape index (κ2) is 13.4. The SMILES string of the molecule is CN=C(NCCCCOc1ccc(OCc2ccccc2)cc1)NCCOC. The Kier molecular flexibility index (Phi) is 10.4. The highest BCUT2D eigenvalue weighted by molar-refractivity contribution is 5.79. The Balaban J connectivity index is 1.56. The fourth-order valence-electron chi connectivity index (χ4n) is 2.49. The lowest BCUT2D eigenvalue weighted by molar-refractivity contribution is 0.203. The summed E-state index contributed by atoms with van der Waals surface area (Å²) in [6.07, 6.45) is 1.97. The number of methoxy groups -OCH3 is 1. The number of benzene rings is 2. The number of hydrogen-bond donors (Lipinski definition) is 2. The van der Waals surface area contributed by atoms with Gasteiger partial charge >= 0.3 is 0 Å². The van der Waals surface area contributed by atoms with Crippen LogP contribution in [0.5, 0.6) is 11.5 Å². The molecule has 0 spiro atoms. The minimum absolute atomic E-state index is 0.567. The van der Waals surface area contributed by atoms with E-state index in [4.69, 9.17) is 14.2 Å². The molecule has 0 bridgehead atoms. The zero-order valence-electron chi connectivity index (χ0n) is 16.8. The molecule has 2 rings (SSSR count). The average Bonchev–Trinajstić information content (AvgIpc) is 2.75. The lowest BCUT2D eigenvalue weighted by atomic mass is 10.2. The van der Waals surface area contributed by atoms with E-state index in [2.05, 4.69) is 27.8 Å². The van der Waals surface area contributed by atoms with Gasteiger partial charge in [-0.2, -0.15) is 0 Å². The average molecular weight is 386 g/mol. The molecule has 0 aliphatic rings. The van der Waals surface area contributed by atoms with Gasteiger partial charge in [0, 0.05) is 27.2 Å². The van der Waals surface area contributed by atoms with Crippen LogP contribution in [-0.2, 0) is 11.3 Å². The summed E-state index contributed by atoms with van der Waals surface area (Å²) >= 11 is 0. The van der Waals surface area contributed by atoms with Gasteiger partial charge in [-0.1, -0.05) is 30.3 Å². The Hall–Kier alpha value is -2.73. The molecule has 0 saturated heterocycles. The molecule has 0 atom stereocenters. The summed E-state index contributed by atoms with van der Waals surface area (Å²) in [6.45, 7) is 3.50. The lowest BCUT2D eigenvalue weighted by Gasteiger charge is -2.12. The summed E-state index contributed by atoms with van der Waals surface area (Å²) < 4.78 is 16.6.